The van der Waals surface area contributed by atoms with Crippen LogP contribution in [-0.2, 0) is 4.79 Å². The third-order valence-electron chi connectivity index (χ3n) is 3.20. The molecular formula is C17H16N2O5S. The van der Waals surface area contributed by atoms with Gasteiger partial charge in [-0.1, -0.05) is 0 Å². The lowest BCUT2D eigenvalue weighted by atomic mass is 10.1. The molecule has 7 nitrogen and oxygen atoms in total. The van der Waals surface area contributed by atoms with Crippen LogP contribution in [-0.4, -0.2) is 28.6 Å². The zero-order valence-corrected chi connectivity index (χ0v) is 14.5. The molecule has 0 unspecified atom stereocenters. The number of nitrogens with one attached hydrogen (secondary N) is 1. The van der Waals surface area contributed by atoms with E-state index in [1.54, 1.807) is 24.3 Å². The maximum absolute atomic E-state index is 11.5. The molecule has 0 radical (unpaired) electrons. The number of amides is 1. The van der Waals surface area contributed by atoms with Crippen LogP contribution < -0.4 is 10.1 Å². The third kappa shape index (κ3) is 5.05. The largest absolute Gasteiger partial charge is 0.450 e. The fraction of sp³-hybridized carbons (Fsp3) is 0.176. The first-order valence-corrected chi connectivity index (χ1v) is 8.66. The lowest BCUT2D eigenvalue weighted by Crippen LogP contribution is -2.13. The van der Waals surface area contributed by atoms with Crippen LogP contribution >= 0.6 is 11.8 Å². The fourth-order valence-corrected chi connectivity index (χ4v) is 2.36. The lowest BCUT2D eigenvalue weighted by molar-refractivity contribution is -0.385. The van der Waals surface area contributed by atoms with E-state index in [1.807, 2.05) is 6.26 Å². The van der Waals surface area contributed by atoms with Gasteiger partial charge in [-0.25, -0.2) is 0 Å². The van der Waals surface area contributed by atoms with Crippen molar-refractivity contribution in [2.75, 3.05) is 17.3 Å². The first-order chi connectivity index (χ1) is 11.9. The van der Waals surface area contributed by atoms with Crippen LogP contribution in [0.5, 0.6) is 11.5 Å². The zero-order chi connectivity index (χ0) is 18.4. The van der Waals surface area contributed by atoms with Crippen molar-refractivity contribution in [2.45, 2.75) is 6.92 Å². The average Bonchev–Trinajstić information content (AvgIpc) is 2.56. The van der Waals surface area contributed by atoms with Crippen molar-refractivity contribution in [1.82, 2.24) is 0 Å². The minimum absolute atomic E-state index is 0.0363. The van der Waals surface area contributed by atoms with Crippen molar-refractivity contribution in [3.05, 3.63) is 58.1 Å². The van der Waals surface area contributed by atoms with Crippen molar-refractivity contribution in [1.29, 1.82) is 0 Å². The van der Waals surface area contributed by atoms with Gasteiger partial charge in [0, 0.05) is 17.3 Å². The summed E-state index contributed by atoms with van der Waals surface area (Å²) in [6.07, 6.45) is 1.83. The number of anilines is 1. The molecule has 0 bridgehead atoms. The van der Waals surface area contributed by atoms with E-state index in [2.05, 4.69) is 5.32 Å². The van der Waals surface area contributed by atoms with Crippen LogP contribution in [0.3, 0.4) is 0 Å². The Balaban J connectivity index is 2.18. The second kappa shape index (κ2) is 8.29. The quantitative estimate of drug-likeness (QED) is 0.457. The van der Waals surface area contributed by atoms with E-state index < -0.39 is 4.92 Å². The van der Waals surface area contributed by atoms with Gasteiger partial charge in [-0.2, -0.15) is 11.8 Å². The Morgan fingerprint density at radius 2 is 1.88 bits per heavy atom. The fourth-order valence-electron chi connectivity index (χ4n) is 2.03. The molecule has 2 aromatic rings. The number of hydrogen-bond donors (Lipinski definition) is 1. The predicted octanol–water partition coefficient (Wildman–Crippen LogP) is 3.89. The van der Waals surface area contributed by atoms with Crippen LogP contribution in [0.15, 0.2) is 42.5 Å². The van der Waals surface area contributed by atoms with Gasteiger partial charge in [0.15, 0.2) is 5.78 Å². The highest BCUT2D eigenvalue weighted by atomic mass is 32.2. The molecule has 0 atom stereocenters. The molecule has 2 aromatic carbocycles. The topological polar surface area (TPSA) is 98.5 Å². The summed E-state index contributed by atoms with van der Waals surface area (Å²) >= 11 is 1.42. The van der Waals surface area contributed by atoms with Crippen molar-refractivity contribution < 1.29 is 19.2 Å². The molecule has 0 aliphatic heterocycles. The number of Topliss-reactive ketones (excluding diaryl/α,β-unsaturated/α-hetero) is 1. The van der Waals surface area contributed by atoms with Gasteiger partial charge in [0.1, 0.15) is 5.75 Å². The van der Waals surface area contributed by atoms with Gasteiger partial charge in [-0.05, 0) is 49.6 Å². The maximum atomic E-state index is 11.5. The molecule has 2 rings (SSSR count). The van der Waals surface area contributed by atoms with Crippen molar-refractivity contribution in [3.63, 3.8) is 0 Å². The Morgan fingerprint density at radius 1 is 1.20 bits per heavy atom. The summed E-state index contributed by atoms with van der Waals surface area (Å²) in [5.41, 5.74) is 0.559. The number of ketones is 1. The Hall–Kier alpha value is -2.87. The first-order valence-electron chi connectivity index (χ1n) is 7.27. The van der Waals surface area contributed by atoms with Gasteiger partial charge in [0.25, 0.3) is 0 Å². The molecule has 130 valence electrons. The monoisotopic (exact) mass is 360 g/mol. The maximum Gasteiger partial charge on any atom is 0.312 e. The predicted molar refractivity (Wildman–Crippen MR) is 96.6 cm³/mol. The molecule has 0 saturated heterocycles. The van der Waals surface area contributed by atoms with Gasteiger partial charge in [0.05, 0.1) is 10.7 Å². The molecule has 0 aromatic heterocycles. The highest BCUT2D eigenvalue weighted by molar-refractivity contribution is 7.99. The Morgan fingerprint density at radius 3 is 2.44 bits per heavy atom. The van der Waals surface area contributed by atoms with E-state index >= 15 is 0 Å². The summed E-state index contributed by atoms with van der Waals surface area (Å²) < 4.78 is 5.54. The minimum Gasteiger partial charge on any atom is -0.450 e. The first kappa shape index (κ1) is 18.5. The number of carbonyl (C=O) groups excluding carboxylic acids is 2. The molecule has 0 saturated carbocycles. The van der Waals surface area contributed by atoms with Gasteiger partial charge < -0.3 is 10.1 Å². The molecule has 0 aliphatic carbocycles. The minimum atomic E-state index is -0.598. The normalized spacial score (nSPS) is 10.2. The van der Waals surface area contributed by atoms with E-state index in [0.29, 0.717) is 17.2 Å². The molecule has 0 fully saturated rings. The molecular weight excluding hydrogens is 344 g/mol. The molecule has 0 heterocycles. The number of nitro benzene ring substituents is 1. The van der Waals surface area contributed by atoms with E-state index in [1.165, 1.54) is 36.9 Å². The molecule has 1 amide bonds. The second-order valence-electron chi connectivity index (χ2n) is 5.10. The SMILES string of the molecule is CSCC(=O)Nc1ccc(Oc2ccc(C(C)=O)cc2[N+](=O)[O-])cc1. The van der Waals surface area contributed by atoms with Crippen LogP contribution in [0.1, 0.15) is 17.3 Å². The van der Waals surface area contributed by atoms with Crippen LogP contribution in [0.4, 0.5) is 11.4 Å². The summed E-state index contributed by atoms with van der Waals surface area (Å²) in [6.45, 7) is 1.34. The number of benzene rings is 2. The van der Waals surface area contributed by atoms with Gasteiger partial charge in [-0.15, -0.1) is 0 Å². The van der Waals surface area contributed by atoms with Crippen LogP contribution in [0.25, 0.3) is 0 Å². The summed E-state index contributed by atoms with van der Waals surface area (Å²) in [4.78, 5) is 33.5. The summed E-state index contributed by atoms with van der Waals surface area (Å²) in [5.74, 6) is 0.389. The van der Waals surface area contributed by atoms with Crippen molar-refractivity contribution >= 4 is 34.8 Å². The van der Waals surface area contributed by atoms with E-state index in [4.69, 9.17) is 4.74 Å². The lowest BCUT2D eigenvalue weighted by Gasteiger charge is -2.09. The average molecular weight is 360 g/mol. The van der Waals surface area contributed by atoms with E-state index in [9.17, 15) is 19.7 Å². The third-order valence-corrected chi connectivity index (χ3v) is 3.75. The van der Waals surface area contributed by atoms with Crippen molar-refractivity contribution in [2.24, 2.45) is 0 Å². The van der Waals surface area contributed by atoms with Crippen LogP contribution in [0.2, 0.25) is 0 Å². The molecule has 25 heavy (non-hydrogen) atoms. The Bertz CT molecular complexity index is 805. The summed E-state index contributed by atoms with van der Waals surface area (Å²) in [6, 6.07) is 10.5. The van der Waals surface area contributed by atoms with E-state index in [-0.39, 0.29) is 28.7 Å². The molecule has 8 heteroatoms. The molecule has 1 N–H and O–H groups in total. The molecule has 0 spiro atoms. The number of thioether (sulfide) groups is 1. The van der Waals surface area contributed by atoms with Gasteiger partial charge >= 0.3 is 5.69 Å². The summed E-state index contributed by atoms with van der Waals surface area (Å²) in [5, 5.41) is 13.9. The zero-order valence-electron chi connectivity index (χ0n) is 13.6. The van der Waals surface area contributed by atoms with Gasteiger partial charge in [-0.3, -0.25) is 19.7 Å². The summed E-state index contributed by atoms with van der Waals surface area (Å²) in [7, 11) is 0. The second-order valence-corrected chi connectivity index (χ2v) is 5.97. The number of hydrogen-bond acceptors (Lipinski definition) is 6. The Labute approximate surface area is 148 Å². The number of nitrogens with zero attached hydrogens (tertiary/aromatic N) is 1. The molecule has 0 aliphatic rings. The smallest absolute Gasteiger partial charge is 0.312 e. The number of ether oxygens (including phenoxy) is 1. The number of nitro groups is 1. The standard InChI is InChI=1S/C17H16N2O5S/c1-11(20)12-3-8-16(15(9-12)19(22)23)24-14-6-4-13(5-7-14)18-17(21)10-25-2/h3-9H,10H2,1-2H3,(H,18,21). The highest BCUT2D eigenvalue weighted by Gasteiger charge is 2.18. The number of rotatable bonds is 7. The van der Waals surface area contributed by atoms with E-state index in [0.717, 1.165) is 0 Å². The highest BCUT2D eigenvalue weighted by Crippen LogP contribution is 2.32. The van der Waals surface area contributed by atoms with Gasteiger partial charge in [0.2, 0.25) is 11.7 Å². The number of carbonyl (C=O) groups is 2. The van der Waals surface area contributed by atoms with Crippen molar-refractivity contribution in [3.8, 4) is 11.5 Å². The Kier molecular flexibility index (Phi) is 6.13. The van der Waals surface area contributed by atoms with Crippen LogP contribution in [0, 0.1) is 10.1 Å².